The zero-order chi connectivity index (χ0) is 9.26. The Morgan fingerprint density at radius 1 is 1.15 bits per heavy atom. The maximum atomic E-state index is 5.99. The van der Waals surface area contributed by atoms with Crippen LogP contribution in [0.4, 0.5) is 0 Å². The smallest absolute Gasteiger partial charge is 0.152 e. The number of hydrogen-bond donors (Lipinski definition) is 0. The van der Waals surface area contributed by atoms with E-state index in [-0.39, 0.29) is 0 Å². The Morgan fingerprint density at radius 3 is 2.38 bits per heavy atom. The molecule has 0 N–H and O–H groups in total. The highest BCUT2D eigenvalue weighted by Gasteiger charge is 2.07. The number of hydrogen-bond acceptors (Lipinski definition) is 1. The lowest BCUT2D eigenvalue weighted by atomic mass is 10.2. The van der Waals surface area contributed by atoms with Crippen LogP contribution in [0.2, 0.25) is 5.02 Å². The average molecular weight is 193 g/mol. The van der Waals surface area contributed by atoms with E-state index in [0.717, 1.165) is 17.1 Å². The van der Waals surface area contributed by atoms with Crippen LogP contribution in [0.15, 0.2) is 40.8 Å². The van der Waals surface area contributed by atoms with E-state index in [1.165, 1.54) is 0 Å². The van der Waals surface area contributed by atoms with Crippen molar-refractivity contribution in [1.82, 2.24) is 0 Å². The van der Waals surface area contributed by atoms with Crippen molar-refractivity contribution in [1.29, 1.82) is 0 Å². The molecule has 0 radical (unpaired) electrons. The largest absolute Gasteiger partial charge is 0.460 e. The molecule has 0 bridgehead atoms. The van der Waals surface area contributed by atoms with E-state index < -0.39 is 0 Å². The molecule has 0 saturated carbocycles. The molecule has 0 aliphatic heterocycles. The van der Waals surface area contributed by atoms with E-state index in [1.807, 2.05) is 43.3 Å². The summed E-state index contributed by atoms with van der Waals surface area (Å²) in [6, 6.07) is 11.7. The summed E-state index contributed by atoms with van der Waals surface area (Å²) in [4.78, 5) is 0. The van der Waals surface area contributed by atoms with Crippen LogP contribution < -0.4 is 0 Å². The van der Waals surface area contributed by atoms with Crippen molar-refractivity contribution in [3.8, 4) is 11.3 Å². The van der Waals surface area contributed by atoms with Crippen molar-refractivity contribution < 1.29 is 4.42 Å². The molecule has 1 heterocycles. The predicted octanol–water partition coefficient (Wildman–Crippen LogP) is 3.91. The van der Waals surface area contributed by atoms with Crippen molar-refractivity contribution >= 4 is 11.6 Å². The van der Waals surface area contributed by atoms with Crippen LogP contribution in [0.1, 0.15) is 5.76 Å². The van der Waals surface area contributed by atoms with Gasteiger partial charge in [0.1, 0.15) is 5.76 Å². The van der Waals surface area contributed by atoms with Gasteiger partial charge in [-0.05, 0) is 13.0 Å². The summed E-state index contributed by atoms with van der Waals surface area (Å²) in [5, 5.41) is 0.670. The third kappa shape index (κ3) is 1.61. The van der Waals surface area contributed by atoms with Gasteiger partial charge >= 0.3 is 0 Å². The molecule has 2 rings (SSSR count). The van der Waals surface area contributed by atoms with Gasteiger partial charge in [-0.15, -0.1) is 0 Å². The molecule has 0 unspecified atom stereocenters. The fourth-order valence-electron chi connectivity index (χ4n) is 1.27. The summed E-state index contributed by atoms with van der Waals surface area (Å²) in [6.45, 7) is 1.89. The van der Waals surface area contributed by atoms with Gasteiger partial charge < -0.3 is 4.42 Å². The minimum absolute atomic E-state index is 0.670. The van der Waals surface area contributed by atoms with Crippen LogP contribution in [-0.2, 0) is 0 Å². The topological polar surface area (TPSA) is 13.1 Å². The molecule has 1 nitrogen and oxygen atoms in total. The molecule has 13 heavy (non-hydrogen) atoms. The van der Waals surface area contributed by atoms with E-state index in [9.17, 15) is 0 Å². The average Bonchev–Trinajstić information content (AvgIpc) is 2.47. The van der Waals surface area contributed by atoms with Crippen LogP contribution in [-0.4, -0.2) is 0 Å². The van der Waals surface area contributed by atoms with E-state index in [4.69, 9.17) is 16.0 Å². The number of furan rings is 1. The van der Waals surface area contributed by atoms with Crippen molar-refractivity contribution in [2.45, 2.75) is 6.92 Å². The lowest BCUT2D eigenvalue weighted by molar-refractivity contribution is 0.548. The molecule has 0 spiro atoms. The number of benzene rings is 1. The van der Waals surface area contributed by atoms with Crippen molar-refractivity contribution in [3.63, 3.8) is 0 Å². The molecule has 2 aromatic rings. The highest BCUT2D eigenvalue weighted by Crippen LogP contribution is 2.30. The Labute approximate surface area is 82.0 Å². The molecule has 66 valence electrons. The standard InChI is InChI=1S/C11H9ClO/c1-8-7-10(12)11(13-8)9-5-3-2-4-6-9/h2-7H,1H3. The highest BCUT2D eigenvalue weighted by atomic mass is 35.5. The van der Waals surface area contributed by atoms with Gasteiger partial charge in [-0.1, -0.05) is 41.9 Å². The summed E-state index contributed by atoms with van der Waals surface area (Å²) in [6.07, 6.45) is 0. The van der Waals surface area contributed by atoms with Gasteiger partial charge in [-0.2, -0.15) is 0 Å². The first-order valence-corrected chi connectivity index (χ1v) is 4.46. The van der Waals surface area contributed by atoms with Gasteiger partial charge in [0, 0.05) is 5.56 Å². The van der Waals surface area contributed by atoms with Gasteiger partial charge in [0.05, 0.1) is 5.02 Å². The van der Waals surface area contributed by atoms with Crippen molar-refractivity contribution in [3.05, 3.63) is 47.2 Å². The van der Waals surface area contributed by atoms with Gasteiger partial charge in [0.25, 0.3) is 0 Å². The van der Waals surface area contributed by atoms with E-state index >= 15 is 0 Å². The second-order valence-corrected chi connectivity index (χ2v) is 3.31. The summed E-state index contributed by atoms with van der Waals surface area (Å²) >= 11 is 5.99. The third-order valence-electron chi connectivity index (χ3n) is 1.85. The monoisotopic (exact) mass is 192 g/mol. The van der Waals surface area contributed by atoms with Crippen molar-refractivity contribution in [2.75, 3.05) is 0 Å². The first-order chi connectivity index (χ1) is 6.27. The lowest BCUT2D eigenvalue weighted by Crippen LogP contribution is -1.71. The zero-order valence-electron chi connectivity index (χ0n) is 7.25. The molecule has 0 aliphatic rings. The van der Waals surface area contributed by atoms with Crippen molar-refractivity contribution in [2.24, 2.45) is 0 Å². The molecule has 1 aromatic heterocycles. The lowest BCUT2D eigenvalue weighted by Gasteiger charge is -1.95. The second-order valence-electron chi connectivity index (χ2n) is 2.90. The second kappa shape index (κ2) is 3.27. The number of halogens is 1. The summed E-state index contributed by atoms with van der Waals surface area (Å²) in [5.74, 6) is 1.59. The quantitative estimate of drug-likeness (QED) is 0.668. The van der Waals surface area contributed by atoms with E-state index in [0.29, 0.717) is 5.02 Å². The molecule has 1 aromatic carbocycles. The predicted molar refractivity (Wildman–Crippen MR) is 53.9 cm³/mol. The highest BCUT2D eigenvalue weighted by molar-refractivity contribution is 6.33. The maximum absolute atomic E-state index is 5.99. The zero-order valence-corrected chi connectivity index (χ0v) is 8.01. The summed E-state index contributed by atoms with van der Waals surface area (Å²) in [7, 11) is 0. The van der Waals surface area contributed by atoms with Crippen LogP contribution in [0, 0.1) is 6.92 Å². The van der Waals surface area contributed by atoms with E-state index in [1.54, 1.807) is 0 Å². The molecule has 0 fully saturated rings. The number of aryl methyl sites for hydroxylation is 1. The SMILES string of the molecule is Cc1cc(Cl)c(-c2ccccc2)o1. The Bertz CT molecular complexity index is 403. The Kier molecular flexibility index (Phi) is 2.11. The minimum atomic E-state index is 0.670. The molecular formula is C11H9ClO. The minimum Gasteiger partial charge on any atom is -0.460 e. The summed E-state index contributed by atoms with van der Waals surface area (Å²) < 4.78 is 5.47. The Balaban J connectivity index is 2.53. The third-order valence-corrected chi connectivity index (χ3v) is 2.13. The molecule has 0 amide bonds. The first kappa shape index (κ1) is 8.39. The van der Waals surface area contributed by atoms with Gasteiger partial charge in [-0.3, -0.25) is 0 Å². The van der Waals surface area contributed by atoms with Crippen LogP contribution in [0.3, 0.4) is 0 Å². The molecule has 0 saturated heterocycles. The normalized spacial score (nSPS) is 10.3. The molecule has 0 aliphatic carbocycles. The molecule has 2 heteroatoms. The maximum Gasteiger partial charge on any atom is 0.152 e. The van der Waals surface area contributed by atoms with Crippen LogP contribution in [0.5, 0.6) is 0 Å². The van der Waals surface area contributed by atoms with Gasteiger partial charge in [0.2, 0.25) is 0 Å². The molecular weight excluding hydrogens is 184 g/mol. The Morgan fingerprint density at radius 2 is 1.85 bits per heavy atom. The fraction of sp³-hybridized carbons (Fsp3) is 0.0909. The molecule has 0 atom stereocenters. The van der Waals surface area contributed by atoms with E-state index in [2.05, 4.69) is 0 Å². The van der Waals surface area contributed by atoms with Gasteiger partial charge in [0.15, 0.2) is 5.76 Å². The fourth-order valence-corrected chi connectivity index (χ4v) is 1.57. The number of rotatable bonds is 1. The Hall–Kier alpha value is -1.21. The first-order valence-electron chi connectivity index (χ1n) is 4.09. The summed E-state index contributed by atoms with van der Waals surface area (Å²) in [5.41, 5.74) is 1.01. The van der Waals surface area contributed by atoms with Gasteiger partial charge in [-0.25, -0.2) is 0 Å². The van der Waals surface area contributed by atoms with Crippen LogP contribution >= 0.6 is 11.6 Å². The van der Waals surface area contributed by atoms with Crippen LogP contribution in [0.25, 0.3) is 11.3 Å².